The minimum atomic E-state index is -0.669. The van der Waals surface area contributed by atoms with Crippen molar-refractivity contribution in [2.45, 2.75) is 18.9 Å². The van der Waals surface area contributed by atoms with Gasteiger partial charge in [-0.05, 0) is 24.9 Å². The molecule has 1 aliphatic rings. The Morgan fingerprint density at radius 3 is 2.73 bits per heavy atom. The van der Waals surface area contributed by atoms with Crippen molar-refractivity contribution in [3.63, 3.8) is 0 Å². The molecule has 0 bridgehead atoms. The molecule has 1 aliphatic heterocycles. The van der Waals surface area contributed by atoms with Gasteiger partial charge in [-0.25, -0.2) is 0 Å². The van der Waals surface area contributed by atoms with Crippen molar-refractivity contribution in [2.24, 2.45) is 0 Å². The zero-order valence-corrected chi connectivity index (χ0v) is 10.1. The van der Waals surface area contributed by atoms with Gasteiger partial charge in [-0.2, -0.15) is 11.8 Å². The van der Waals surface area contributed by atoms with Crippen LogP contribution in [-0.2, 0) is 4.79 Å². The first kappa shape index (κ1) is 12.8. The Hall–Kier alpha value is -0.260. The highest BCUT2D eigenvalue weighted by Crippen LogP contribution is 2.10. The third kappa shape index (κ3) is 4.40. The Morgan fingerprint density at radius 2 is 2.20 bits per heavy atom. The van der Waals surface area contributed by atoms with E-state index in [1.807, 2.05) is 0 Å². The van der Waals surface area contributed by atoms with Crippen LogP contribution in [0.4, 0.5) is 0 Å². The van der Waals surface area contributed by atoms with Gasteiger partial charge in [-0.3, -0.25) is 9.69 Å². The van der Waals surface area contributed by atoms with Crippen LogP contribution < -0.4 is 5.32 Å². The minimum absolute atomic E-state index is 0.278. The molecule has 0 radical (unpaired) electrons. The van der Waals surface area contributed by atoms with E-state index in [1.165, 1.54) is 0 Å². The molecule has 0 aliphatic carbocycles. The highest BCUT2D eigenvalue weighted by atomic mass is 32.2. The summed E-state index contributed by atoms with van der Waals surface area (Å²) in [5.41, 5.74) is 0. The van der Waals surface area contributed by atoms with Crippen LogP contribution in [-0.4, -0.2) is 60.2 Å². The van der Waals surface area contributed by atoms with E-state index in [9.17, 15) is 4.79 Å². The Labute approximate surface area is 95.4 Å². The van der Waals surface area contributed by atoms with E-state index < -0.39 is 5.97 Å². The molecule has 1 heterocycles. The number of aliphatic carboxylic acids is 1. The first-order valence-electron chi connectivity index (χ1n) is 5.42. The van der Waals surface area contributed by atoms with Gasteiger partial charge in [0.25, 0.3) is 0 Å². The second-order valence-electron chi connectivity index (χ2n) is 3.78. The number of hydrogen-bond acceptors (Lipinski definition) is 4. The van der Waals surface area contributed by atoms with Crippen LogP contribution in [0.1, 0.15) is 12.8 Å². The summed E-state index contributed by atoms with van der Waals surface area (Å²) >= 11 is 1.78. The smallest absolute Gasteiger partial charge is 0.320 e. The molecule has 0 aromatic rings. The van der Waals surface area contributed by atoms with Crippen molar-refractivity contribution in [1.29, 1.82) is 0 Å². The minimum Gasteiger partial charge on any atom is -0.480 e. The number of thioether (sulfide) groups is 1. The molecule has 4 nitrogen and oxygen atoms in total. The van der Waals surface area contributed by atoms with E-state index in [-0.39, 0.29) is 6.04 Å². The van der Waals surface area contributed by atoms with Crippen LogP contribution in [0.25, 0.3) is 0 Å². The largest absolute Gasteiger partial charge is 0.480 e. The van der Waals surface area contributed by atoms with Crippen molar-refractivity contribution in [3.8, 4) is 0 Å². The molecule has 0 aromatic heterocycles. The number of nitrogens with one attached hydrogen (secondary N) is 1. The highest BCUT2D eigenvalue weighted by Gasteiger charge is 2.25. The molecule has 0 aromatic carbocycles. The lowest BCUT2D eigenvalue weighted by Crippen LogP contribution is -2.51. The Bertz CT molecular complexity index is 196. The van der Waals surface area contributed by atoms with E-state index in [2.05, 4.69) is 16.5 Å². The second-order valence-corrected chi connectivity index (χ2v) is 4.76. The van der Waals surface area contributed by atoms with Gasteiger partial charge >= 0.3 is 5.97 Å². The number of nitrogens with zero attached hydrogens (tertiary/aromatic N) is 1. The fraction of sp³-hybridized carbons (Fsp3) is 0.900. The van der Waals surface area contributed by atoms with E-state index in [0.29, 0.717) is 0 Å². The van der Waals surface area contributed by atoms with Gasteiger partial charge in [-0.1, -0.05) is 0 Å². The summed E-state index contributed by atoms with van der Waals surface area (Å²) in [6.07, 6.45) is 3.82. The number of hydrogen-bond donors (Lipinski definition) is 2. The molecule has 1 rings (SSSR count). The fourth-order valence-corrected chi connectivity index (χ4v) is 2.33. The number of carbonyl (C=O) groups is 1. The van der Waals surface area contributed by atoms with Crippen molar-refractivity contribution in [2.75, 3.05) is 38.2 Å². The van der Waals surface area contributed by atoms with Crippen molar-refractivity contribution >= 4 is 17.7 Å². The van der Waals surface area contributed by atoms with E-state index in [0.717, 1.165) is 44.8 Å². The summed E-state index contributed by atoms with van der Waals surface area (Å²) in [7, 11) is 0. The quantitative estimate of drug-likeness (QED) is 0.653. The maximum atomic E-state index is 11.1. The molecule has 1 unspecified atom stereocenters. The van der Waals surface area contributed by atoms with Gasteiger partial charge in [0.15, 0.2) is 0 Å². The maximum absolute atomic E-state index is 11.1. The molecule has 88 valence electrons. The van der Waals surface area contributed by atoms with Crippen LogP contribution in [0.5, 0.6) is 0 Å². The molecule has 0 amide bonds. The van der Waals surface area contributed by atoms with Crippen molar-refractivity contribution in [1.82, 2.24) is 10.2 Å². The summed E-state index contributed by atoms with van der Waals surface area (Å²) < 4.78 is 0. The fourth-order valence-electron chi connectivity index (χ4n) is 1.88. The Kier molecular flexibility index (Phi) is 6.05. The molecule has 2 N–H and O–H groups in total. The van der Waals surface area contributed by atoms with E-state index >= 15 is 0 Å². The first-order chi connectivity index (χ1) is 7.25. The monoisotopic (exact) mass is 232 g/mol. The van der Waals surface area contributed by atoms with Crippen molar-refractivity contribution in [3.05, 3.63) is 0 Å². The van der Waals surface area contributed by atoms with Gasteiger partial charge in [0, 0.05) is 26.2 Å². The summed E-state index contributed by atoms with van der Waals surface area (Å²) in [6.45, 7) is 3.53. The zero-order chi connectivity index (χ0) is 11.1. The van der Waals surface area contributed by atoms with Crippen LogP contribution in [0, 0.1) is 0 Å². The molecule has 1 fully saturated rings. The van der Waals surface area contributed by atoms with Crippen LogP contribution in [0.3, 0.4) is 0 Å². The Morgan fingerprint density at radius 1 is 1.53 bits per heavy atom. The average molecular weight is 232 g/mol. The van der Waals surface area contributed by atoms with Gasteiger partial charge < -0.3 is 10.4 Å². The van der Waals surface area contributed by atoms with Gasteiger partial charge in [0.1, 0.15) is 6.04 Å². The molecular weight excluding hydrogens is 212 g/mol. The summed E-state index contributed by atoms with van der Waals surface area (Å²) in [4.78, 5) is 13.2. The SMILES string of the molecule is CSCCCC(C(=O)O)N1CCNCC1. The maximum Gasteiger partial charge on any atom is 0.320 e. The van der Waals surface area contributed by atoms with Crippen LogP contribution in [0.15, 0.2) is 0 Å². The Balaban J connectivity index is 2.37. The molecule has 0 saturated carbocycles. The normalized spacial score (nSPS) is 20.1. The molecule has 1 saturated heterocycles. The topological polar surface area (TPSA) is 52.6 Å². The molecular formula is C10H20N2O2S. The number of carboxylic acids is 1. The third-order valence-electron chi connectivity index (χ3n) is 2.70. The zero-order valence-electron chi connectivity index (χ0n) is 9.24. The standard InChI is InChI=1S/C10H20N2O2S/c1-15-8-2-3-9(10(13)14)12-6-4-11-5-7-12/h9,11H,2-8H2,1H3,(H,13,14). The summed E-state index contributed by atoms with van der Waals surface area (Å²) in [6, 6.07) is -0.278. The molecule has 5 heteroatoms. The van der Waals surface area contributed by atoms with Crippen LogP contribution in [0.2, 0.25) is 0 Å². The average Bonchev–Trinajstić information content (AvgIpc) is 2.25. The second kappa shape index (κ2) is 7.09. The lowest BCUT2D eigenvalue weighted by molar-refractivity contribution is -0.143. The van der Waals surface area contributed by atoms with Gasteiger partial charge in [-0.15, -0.1) is 0 Å². The van der Waals surface area contributed by atoms with E-state index in [1.54, 1.807) is 11.8 Å². The molecule has 15 heavy (non-hydrogen) atoms. The lowest BCUT2D eigenvalue weighted by atomic mass is 10.1. The highest BCUT2D eigenvalue weighted by molar-refractivity contribution is 7.98. The molecule has 0 spiro atoms. The van der Waals surface area contributed by atoms with Gasteiger partial charge in [0.05, 0.1) is 0 Å². The number of rotatable bonds is 6. The van der Waals surface area contributed by atoms with Crippen LogP contribution >= 0.6 is 11.8 Å². The third-order valence-corrected chi connectivity index (χ3v) is 3.40. The van der Waals surface area contributed by atoms with E-state index in [4.69, 9.17) is 5.11 Å². The predicted molar refractivity (Wildman–Crippen MR) is 63.5 cm³/mol. The van der Waals surface area contributed by atoms with Crippen molar-refractivity contribution < 1.29 is 9.90 Å². The number of piperazine rings is 1. The number of carboxylic acid groups (broad SMARTS) is 1. The predicted octanol–water partition coefficient (Wildman–Crippen LogP) is 0.488. The first-order valence-corrected chi connectivity index (χ1v) is 6.81. The molecule has 1 atom stereocenters. The van der Waals surface area contributed by atoms with Gasteiger partial charge in [0.2, 0.25) is 0 Å². The summed E-state index contributed by atoms with van der Waals surface area (Å²) in [5.74, 6) is 0.383. The summed E-state index contributed by atoms with van der Waals surface area (Å²) in [5, 5.41) is 12.4. The lowest BCUT2D eigenvalue weighted by Gasteiger charge is -2.32.